The Morgan fingerprint density at radius 2 is 2.07 bits per heavy atom. The number of benzene rings is 1. The maximum atomic E-state index is 12.5. The molecule has 1 aromatic heterocycles. The Hall–Kier alpha value is -2.34. The van der Waals surface area contributed by atoms with Crippen LogP contribution in [0.3, 0.4) is 0 Å². The molecule has 28 heavy (non-hydrogen) atoms. The average Bonchev–Trinajstić information content (AvgIpc) is 3.25. The molecule has 1 amide bonds. The van der Waals surface area contributed by atoms with E-state index in [4.69, 9.17) is 0 Å². The summed E-state index contributed by atoms with van der Waals surface area (Å²) >= 11 is 1.79. The number of rotatable bonds is 7. The van der Waals surface area contributed by atoms with Gasteiger partial charge in [-0.05, 0) is 41.8 Å². The largest absolute Gasteiger partial charge is 0.356 e. The summed E-state index contributed by atoms with van der Waals surface area (Å²) in [6.07, 6.45) is 3.37. The van der Waals surface area contributed by atoms with Gasteiger partial charge in [-0.15, -0.1) is 11.3 Å². The molecule has 1 aromatic carbocycles. The van der Waals surface area contributed by atoms with Gasteiger partial charge in [-0.2, -0.15) is 0 Å². The Morgan fingerprint density at radius 1 is 1.25 bits per heavy atom. The van der Waals surface area contributed by atoms with Crippen LogP contribution in [0.5, 0.6) is 0 Å². The zero-order valence-corrected chi connectivity index (χ0v) is 17.7. The number of fused-ring (bicyclic) bond motifs is 1. The van der Waals surface area contributed by atoms with Crippen molar-refractivity contribution in [1.29, 1.82) is 0 Å². The molecule has 1 aliphatic rings. The van der Waals surface area contributed by atoms with E-state index in [1.54, 1.807) is 18.4 Å². The lowest BCUT2D eigenvalue weighted by molar-refractivity contribution is -0.132. The summed E-state index contributed by atoms with van der Waals surface area (Å²) < 4.78 is 0. The van der Waals surface area contributed by atoms with Crippen molar-refractivity contribution < 1.29 is 4.79 Å². The molecule has 0 atom stereocenters. The quantitative estimate of drug-likeness (QED) is 0.443. The SMILES string of the molecule is CN=C(NCCCC(=O)N1CCc2ccccc2C1)N(C)CCc1cccs1. The van der Waals surface area contributed by atoms with Crippen LogP contribution in [0, 0.1) is 0 Å². The molecule has 0 saturated carbocycles. The van der Waals surface area contributed by atoms with E-state index in [-0.39, 0.29) is 5.91 Å². The highest BCUT2D eigenvalue weighted by Crippen LogP contribution is 2.19. The Morgan fingerprint density at radius 3 is 2.82 bits per heavy atom. The molecule has 2 aromatic rings. The van der Waals surface area contributed by atoms with Crippen LogP contribution in [0.1, 0.15) is 28.8 Å². The third-order valence-electron chi connectivity index (χ3n) is 5.18. The van der Waals surface area contributed by atoms with E-state index in [1.165, 1.54) is 16.0 Å². The number of carbonyl (C=O) groups excluding carboxylic acids is 1. The van der Waals surface area contributed by atoms with E-state index in [9.17, 15) is 4.79 Å². The zero-order chi connectivity index (χ0) is 19.8. The second kappa shape index (κ2) is 10.3. The predicted octanol–water partition coefficient (Wildman–Crippen LogP) is 3.16. The molecule has 0 unspecified atom stereocenters. The van der Waals surface area contributed by atoms with Gasteiger partial charge in [-0.1, -0.05) is 30.3 Å². The van der Waals surface area contributed by atoms with Gasteiger partial charge in [-0.3, -0.25) is 9.79 Å². The number of likely N-dealkylation sites (N-methyl/N-ethyl adjacent to an activating group) is 1. The predicted molar refractivity (Wildman–Crippen MR) is 117 cm³/mol. The lowest BCUT2D eigenvalue weighted by Gasteiger charge is -2.29. The molecule has 0 fully saturated rings. The van der Waals surface area contributed by atoms with Crippen LogP contribution >= 0.6 is 11.3 Å². The van der Waals surface area contributed by atoms with E-state index < -0.39 is 0 Å². The highest BCUT2D eigenvalue weighted by molar-refractivity contribution is 7.09. The fraction of sp³-hybridized carbons (Fsp3) is 0.455. The maximum Gasteiger partial charge on any atom is 0.222 e. The summed E-state index contributed by atoms with van der Waals surface area (Å²) in [5.41, 5.74) is 2.66. The molecule has 3 rings (SSSR count). The molecule has 5 nitrogen and oxygen atoms in total. The number of hydrogen-bond acceptors (Lipinski definition) is 3. The van der Waals surface area contributed by atoms with Gasteiger partial charge in [0.2, 0.25) is 5.91 Å². The van der Waals surface area contributed by atoms with Crippen LogP contribution in [0.25, 0.3) is 0 Å². The van der Waals surface area contributed by atoms with E-state index >= 15 is 0 Å². The molecule has 0 saturated heterocycles. The van der Waals surface area contributed by atoms with Crippen molar-refractivity contribution in [2.75, 3.05) is 33.7 Å². The van der Waals surface area contributed by atoms with Gasteiger partial charge in [-0.25, -0.2) is 0 Å². The van der Waals surface area contributed by atoms with Gasteiger partial charge in [0, 0.05) is 51.6 Å². The van der Waals surface area contributed by atoms with E-state index in [0.717, 1.165) is 51.4 Å². The summed E-state index contributed by atoms with van der Waals surface area (Å²) in [6, 6.07) is 12.7. The summed E-state index contributed by atoms with van der Waals surface area (Å²) in [4.78, 5) is 22.4. The number of hydrogen-bond donors (Lipinski definition) is 1. The van der Waals surface area contributed by atoms with Crippen LogP contribution in [0.15, 0.2) is 46.8 Å². The fourth-order valence-corrected chi connectivity index (χ4v) is 4.23. The minimum absolute atomic E-state index is 0.248. The standard InChI is InChI=1S/C22H30N4OS/c1-23-22(25(2)14-12-20-9-6-16-28-20)24-13-5-10-21(27)26-15-11-18-7-3-4-8-19(18)17-26/h3-4,6-9,16H,5,10-15,17H2,1-2H3,(H,23,24). The molecule has 1 N–H and O–H groups in total. The van der Waals surface area contributed by atoms with Crippen molar-refractivity contribution in [3.05, 3.63) is 57.8 Å². The maximum absolute atomic E-state index is 12.5. The number of aliphatic imine (C=N–C) groups is 1. The van der Waals surface area contributed by atoms with Gasteiger partial charge >= 0.3 is 0 Å². The van der Waals surface area contributed by atoms with Gasteiger partial charge < -0.3 is 15.1 Å². The van der Waals surface area contributed by atoms with Crippen molar-refractivity contribution in [1.82, 2.24) is 15.1 Å². The number of nitrogens with one attached hydrogen (secondary N) is 1. The monoisotopic (exact) mass is 398 g/mol. The second-order valence-corrected chi connectivity index (χ2v) is 8.19. The molecule has 150 valence electrons. The molecular formula is C22H30N4OS. The molecule has 6 heteroatoms. The molecular weight excluding hydrogens is 368 g/mol. The minimum Gasteiger partial charge on any atom is -0.356 e. The van der Waals surface area contributed by atoms with Gasteiger partial charge in [0.25, 0.3) is 0 Å². The summed E-state index contributed by atoms with van der Waals surface area (Å²) in [6.45, 7) is 3.25. The highest BCUT2D eigenvalue weighted by atomic mass is 32.1. The fourth-order valence-electron chi connectivity index (χ4n) is 3.53. The first-order chi connectivity index (χ1) is 13.7. The van der Waals surface area contributed by atoms with Crippen LogP contribution in [0.4, 0.5) is 0 Å². The lowest BCUT2D eigenvalue weighted by Crippen LogP contribution is -2.40. The molecule has 0 spiro atoms. The zero-order valence-electron chi connectivity index (χ0n) is 16.9. The molecule has 0 radical (unpaired) electrons. The van der Waals surface area contributed by atoms with Gasteiger partial charge in [0.1, 0.15) is 0 Å². The van der Waals surface area contributed by atoms with Crippen LogP contribution in [-0.2, 0) is 24.2 Å². The normalized spacial score (nSPS) is 13.9. The number of nitrogens with zero attached hydrogens (tertiary/aromatic N) is 3. The molecule has 1 aliphatic heterocycles. The first kappa shape index (κ1) is 20.4. The third-order valence-corrected chi connectivity index (χ3v) is 6.12. The van der Waals surface area contributed by atoms with Gasteiger partial charge in [0.05, 0.1) is 0 Å². The Kier molecular flexibility index (Phi) is 7.48. The topological polar surface area (TPSA) is 47.9 Å². The van der Waals surface area contributed by atoms with Crippen LogP contribution in [-0.4, -0.2) is 55.4 Å². The Balaban J connectivity index is 1.36. The number of thiophene rings is 1. The summed E-state index contributed by atoms with van der Waals surface area (Å²) in [7, 11) is 3.86. The van der Waals surface area contributed by atoms with E-state index in [0.29, 0.717) is 6.42 Å². The Bertz CT molecular complexity index is 788. The molecule has 0 bridgehead atoms. The average molecular weight is 399 g/mol. The molecule has 2 heterocycles. The first-order valence-corrected chi connectivity index (χ1v) is 10.8. The number of amides is 1. The van der Waals surface area contributed by atoms with Crippen molar-refractivity contribution in [3.63, 3.8) is 0 Å². The third kappa shape index (κ3) is 5.58. The summed E-state index contributed by atoms with van der Waals surface area (Å²) in [5.74, 6) is 1.13. The lowest BCUT2D eigenvalue weighted by atomic mass is 9.99. The Labute approximate surface area is 172 Å². The van der Waals surface area contributed by atoms with E-state index in [2.05, 4.69) is 64.0 Å². The van der Waals surface area contributed by atoms with Crippen molar-refractivity contribution in [2.24, 2.45) is 4.99 Å². The van der Waals surface area contributed by atoms with Crippen molar-refractivity contribution >= 4 is 23.2 Å². The minimum atomic E-state index is 0.248. The van der Waals surface area contributed by atoms with Gasteiger partial charge in [0.15, 0.2) is 5.96 Å². The first-order valence-electron chi connectivity index (χ1n) is 9.96. The van der Waals surface area contributed by atoms with Crippen molar-refractivity contribution in [2.45, 2.75) is 32.2 Å². The summed E-state index contributed by atoms with van der Waals surface area (Å²) in [5, 5.41) is 5.49. The van der Waals surface area contributed by atoms with Crippen LogP contribution in [0.2, 0.25) is 0 Å². The van der Waals surface area contributed by atoms with E-state index in [1.807, 2.05) is 4.90 Å². The smallest absolute Gasteiger partial charge is 0.222 e. The molecule has 0 aliphatic carbocycles. The van der Waals surface area contributed by atoms with Crippen molar-refractivity contribution in [3.8, 4) is 0 Å². The van der Waals surface area contributed by atoms with Crippen LogP contribution < -0.4 is 5.32 Å². The number of carbonyl (C=O) groups is 1. The number of guanidine groups is 1. The highest BCUT2D eigenvalue weighted by Gasteiger charge is 2.19. The second-order valence-electron chi connectivity index (χ2n) is 7.16.